The van der Waals surface area contributed by atoms with E-state index in [1.165, 1.54) is 6.33 Å². The highest BCUT2D eigenvalue weighted by Crippen LogP contribution is 2.21. The Balaban J connectivity index is 1.70. The monoisotopic (exact) mass is 360 g/mol. The van der Waals surface area contributed by atoms with E-state index in [2.05, 4.69) is 15.4 Å². The average Bonchev–Trinajstić information content (AvgIpc) is 2.97. The number of nitrogens with one attached hydrogen (secondary N) is 1. The van der Waals surface area contributed by atoms with Crippen LogP contribution in [0.4, 0.5) is 5.95 Å². The Hall–Kier alpha value is -2.37. The van der Waals surface area contributed by atoms with E-state index >= 15 is 0 Å². The number of carbonyl (C=O) groups is 1. The SMILES string of the molecule is Cc1cccc(C(=O)Nc2ncn(Cc3ccc(Cl)cc3Cl)n2)c1. The second kappa shape index (κ2) is 7.03. The number of hydrogen-bond acceptors (Lipinski definition) is 3. The molecule has 0 fully saturated rings. The lowest BCUT2D eigenvalue weighted by Crippen LogP contribution is -2.13. The van der Waals surface area contributed by atoms with Gasteiger partial charge in [0, 0.05) is 15.6 Å². The Morgan fingerprint density at radius 1 is 1.21 bits per heavy atom. The van der Waals surface area contributed by atoms with E-state index in [9.17, 15) is 4.79 Å². The van der Waals surface area contributed by atoms with Gasteiger partial charge < -0.3 is 0 Å². The summed E-state index contributed by atoms with van der Waals surface area (Å²) in [7, 11) is 0. The van der Waals surface area contributed by atoms with Gasteiger partial charge in [0.15, 0.2) is 0 Å². The van der Waals surface area contributed by atoms with Crippen LogP contribution >= 0.6 is 23.2 Å². The zero-order valence-corrected chi connectivity index (χ0v) is 14.3. The molecule has 0 radical (unpaired) electrons. The number of aryl methyl sites for hydroxylation is 1. The first-order chi connectivity index (χ1) is 11.5. The Morgan fingerprint density at radius 3 is 2.79 bits per heavy atom. The maximum Gasteiger partial charge on any atom is 0.258 e. The van der Waals surface area contributed by atoms with E-state index in [1.54, 1.807) is 28.9 Å². The fourth-order valence-corrected chi connectivity index (χ4v) is 2.68. The molecule has 0 unspecified atom stereocenters. The number of benzene rings is 2. The highest BCUT2D eigenvalue weighted by Gasteiger charge is 2.10. The molecule has 0 aliphatic rings. The number of halogens is 2. The second-order valence-electron chi connectivity index (χ2n) is 5.33. The standard InChI is InChI=1S/C17H14Cl2N4O/c1-11-3-2-4-12(7-11)16(24)21-17-20-10-23(22-17)9-13-5-6-14(18)8-15(13)19/h2-8,10H,9H2,1H3,(H,21,22,24). The van der Waals surface area contributed by atoms with Crippen molar-refractivity contribution in [1.29, 1.82) is 0 Å². The first-order valence-electron chi connectivity index (χ1n) is 7.22. The van der Waals surface area contributed by atoms with Crippen LogP contribution in [0.2, 0.25) is 10.0 Å². The van der Waals surface area contributed by atoms with E-state index in [4.69, 9.17) is 23.2 Å². The van der Waals surface area contributed by atoms with Gasteiger partial charge in [-0.3, -0.25) is 10.1 Å². The summed E-state index contributed by atoms with van der Waals surface area (Å²) in [5.74, 6) is -0.00688. The molecule has 2 aromatic carbocycles. The van der Waals surface area contributed by atoms with E-state index in [0.29, 0.717) is 22.2 Å². The van der Waals surface area contributed by atoms with Crippen molar-refractivity contribution in [3.05, 3.63) is 75.5 Å². The van der Waals surface area contributed by atoms with E-state index in [0.717, 1.165) is 11.1 Å². The number of carbonyl (C=O) groups excluding carboxylic acids is 1. The molecule has 0 saturated carbocycles. The predicted octanol–water partition coefficient (Wildman–Crippen LogP) is 4.19. The van der Waals surface area contributed by atoms with Gasteiger partial charge in [-0.25, -0.2) is 9.67 Å². The van der Waals surface area contributed by atoms with Gasteiger partial charge in [-0.05, 0) is 36.8 Å². The molecule has 0 aliphatic carbocycles. The maximum absolute atomic E-state index is 12.2. The van der Waals surface area contributed by atoms with Crippen LogP contribution in [0.1, 0.15) is 21.5 Å². The Kier molecular flexibility index (Phi) is 4.83. The molecule has 3 rings (SSSR count). The summed E-state index contributed by atoms with van der Waals surface area (Å²) < 4.78 is 1.60. The molecular weight excluding hydrogens is 347 g/mol. The van der Waals surface area contributed by atoms with Crippen molar-refractivity contribution in [2.24, 2.45) is 0 Å². The number of amides is 1. The highest BCUT2D eigenvalue weighted by molar-refractivity contribution is 6.35. The lowest BCUT2D eigenvalue weighted by Gasteiger charge is -2.04. The minimum atomic E-state index is -0.249. The van der Waals surface area contributed by atoms with Crippen molar-refractivity contribution >= 4 is 35.1 Å². The van der Waals surface area contributed by atoms with Gasteiger partial charge in [-0.1, -0.05) is 47.0 Å². The van der Waals surface area contributed by atoms with Crippen LogP contribution in [0, 0.1) is 6.92 Å². The van der Waals surface area contributed by atoms with Crippen molar-refractivity contribution in [3.63, 3.8) is 0 Å². The Morgan fingerprint density at radius 2 is 2.04 bits per heavy atom. The van der Waals surface area contributed by atoms with Crippen LogP contribution in [0.15, 0.2) is 48.8 Å². The van der Waals surface area contributed by atoms with Crippen molar-refractivity contribution in [2.75, 3.05) is 5.32 Å². The number of aromatic nitrogens is 3. The first kappa shape index (κ1) is 16.5. The second-order valence-corrected chi connectivity index (χ2v) is 6.17. The summed E-state index contributed by atoms with van der Waals surface area (Å²) in [5, 5.41) is 8.05. The average molecular weight is 361 g/mol. The number of hydrogen-bond donors (Lipinski definition) is 1. The molecule has 5 nitrogen and oxygen atoms in total. The van der Waals surface area contributed by atoms with Crippen molar-refractivity contribution in [3.8, 4) is 0 Å². The fraction of sp³-hybridized carbons (Fsp3) is 0.118. The zero-order chi connectivity index (χ0) is 17.1. The molecule has 1 aromatic heterocycles. The van der Waals surface area contributed by atoms with Gasteiger partial charge in [0.1, 0.15) is 6.33 Å². The molecule has 1 heterocycles. The molecule has 3 aromatic rings. The van der Waals surface area contributed by atoms with E-state index in [-0.39, 0.29) is 11.9 Å². The first-order valence-corrected chi connectivity index (χ1v) is 7.98. The normalized spacial score (nSPS) is 10.6. The smallest absolute Gasteiger partial charge is 0.258 e. The van der Waals surface area contributed by atoms with E-state index in [1.807, 2.05) is 25.1 Å². The molecule has 0 saturated heterocycles. The molecule has 0 bridgehead atoms. The minimum Gasteiger partial charge on any atom is -0.289 e. The molecule has 0 atom stereocenters. The van der Waals surface area contributed by atoms with Crippen molar-refractivity contribution in [2.45, 2.75) is 13.5 Å². The van der Waals surface area contributed by atoms with Gasteiger partial charge in [-0.2, -0.15) is 0 Å². The topological polar surface area (TPSA) is 59.8 Å². The predicted molar refractivity (Wildman–Crippen MR) is 94.7 cm³/mol. The number of anilines is 1. The highest BCUT2D eigenvalue weighted by atomic mass is 35.5. The van der Waals surface area contributed by atoms with Gasteiger partial charge in [0.05, 0.1) is 6.54 Å². The molecule has 24 heavy (non-hydrogen) atoms. The summed E-state index contributed by atoms with van der Waals surface area (Å²) >= 11 is 12.0. The van der Waals surface area contributed by atoms with Crippen molar-refractivity contribution in [1.82, 2.24) is 14.8 Å². The van der Waals surface area contributed by atoms with Gasteiger partial charge in [0.2, 0.25) is 5.95 Å². The summed E-state index contributed by atoms with van der Waals surface area (Å²) in [4.78, 5) is 16.3. The molecule has 122 valence electrons. The van der Waals surface area contributed by atoms with Crippen LogP contribution in [0.5, 0.6) is 0 Å². The summed E-state index contributed by atoms with van der Waals surface area (Å²) in [6.07, 6.45) is 1.54. The molecule has 0 aliphatic heterocycles. The summed E-state index contributed by atoms with van der Waals surface area (Å²) in [6, 6.07) is 12.6. The van der Waals surface area contributed by atoms with Crippen LogP contribution < -0.4 is 5.32 Å². The van der Waals surface area contributed by atoms with Crippen LogP contribution in [-0.4, -0.2) is 20.7 Å². The van der Waals surface area contributed by atoms with E-state index < -0.39 is 0 Å². The minimum absolute atomic E-state index is 0.242. The van der Waals surface area contributed by atoms with Gasteiger partial charge in [-0.15, -0.1) is 5.10 Å². The zero-order valence-electron chi connectivity index (χ0n) is 12.8. The van der Waals surface area contributed by atoms with Crippen LogP contribution in [0.3, 0.4) is 0 Å². The van der Waals surface area contributed by atoms with Gasteiger partial charge in [0.25, 0.3) is 5.91 Å². The Labute approximate surface area is 149 Å². The lowest BCUT2D eigenvalue weighted by atomic mass is 10.1. The molecule has 7 heteroatoms. The third-order valence-electron chi connectivity index (χ3n) is 3.39. The van der Waals surface area contributed by atoms with Gasteiger partial charge >= 0.3 is 0 Å². The fourth-order valence-electron chi connectivity index (χ4n) is 2.21. The van der Waals surface area contributed by atoms with Crippen LogP contribution in [0.25, 0.3) is 0 Å². The third kappa shape index (κ3) is 3.93. The number of rotatable bonds is 4. The number of nitrogens with zero attached hydrogens (tertiary/aromatic N) is 3. The quantitative estimate of drug-likeness (QED) is 0.758. The maximum atomic E-state index is 12.2. The molecule has 1 amide bonds. The summed E-state index contributed by atoms with van der Waals surface area (Å²) in [6.45, 7) is 2.36. The third-order valence-corrected chi connectivity index (χ3v) is 3.98. The van der Waals surface area contributed by atoms with Crippen molar-refractivity contribution < 1.29 is 4.79 Å². The lowest BCUT2D eigenvalue weighted by molar-refractivity contribution is 0.102. The largest absolute Gasteiger partial charge is 0.289 e. The molecule has 1 N–H and O–H groups in total. The Bertz CT molecular complexity index is 892. The molecular formula is C17H14Cl2N4O. The summed E-state index contributed by atoms with van der Waals surface area (Å²) in [5.41, 5.74) is 2.44. The van der Waals surface area contributed by atoms with Crippen LogP contribution in [-0.2, 0) is 6.54 Å². The molecule has 0 spiro atoms.